The molecule has 0 fully saturated rings. The van der Waals surface area contributed by atoms with E-state index in [-0.39, 0.29) is 34.5 Å². The maximum atomic E-state index is 11.3. The van der Waals surface area contributed by atoms with Gasteiger partial charge in [0, 0.05) is 0 Å². The van der Waals surface area contributed by atoms with Crippen molar-refractivity contribution < 1.29 is 42.5 Å². The molecule has 23 heavy (non-hydrogen) atoms. The smallest absolute Gasteiger partial charge is 0.744 e. The molecule has 0 aliphatic rings. The second-order valence-corrected chi connectivity index (χ2v) is 7.63. The van der Waals surface area contributed by atoms with Crippen molar-refractivity contribution >= 4 is 10.1 Å². The van der Waals surface area contributed by atoms with Gasteiger partial charge in [0.05, 0.1) is 4.90 Å². The van der Waals surface area contributed by atoms with Crippen molar-refractivity contribution in [2.75, 3.05) is 0 Å². The first-order valence-electron chi connectivity index (χ1n) is 8.49. The van der Waals surface area contributed by atoms with E-state index in [1.807, 2.05) is 0 Å². The molecule has 0 amide bonds. The van der Waals surface area contributed by atoms with Crippen molar-refractivity contribution in [3.05, 3.63) is 29.8 Å². The molecular formula is C18H29NaO3S. The van der Waals surface area contributed by atoms with Crippen molar-refractivity contribution in [1.82, 2.24) is 0 Å². The molecule has 1 rings (SSSR count). The fourth-order valence-electron chi connectivity index (χ4n) is 2.84. The maximum absolute atomic E-state index is 11.3. The Bertz CT molecular complexity index is 529. The Morgan fingerprint density at radius 3 is 2.17 bits per heavy atom. The molecule has 0 aliphatic heterocycles. The quantitative estimate of drug-likeness (QED) is 0.349. The fourth-order valence-corrected chi connectivity index (χ4v) is 3.56. The van der Waals surface area contributed by atoms with Gasteiger partial charge in [-0.15, -0.1) is 0 Å². The van der Waals surface area contributed by atoms with Crippen molar-refractivity contribution in [3.8, 4) is 0 Å². The van der Waals surface area contributed by atoms with Gasteiger partial charge in [-0.1, -0.05) is 83.4 Å². The summed E-state index contributed by atoms with van der Waals surface area (Å²) in [5.74, 6) is 0.401. The summed E-state index contributed by atoms with van der Waals surface area (Å²) in [6.45, 7) is 4.35. The summed E-state index contributed by atoms with van der Waals surface area (Å²) in [7, 11) is -4.37. The van der Waals surface area contributed by atoms with Crippen molar-refractivity contribution in [3.63, 3.8) is 0 Å². The van der Waals surface area contributed by atoms with Gasteiger partial charge in [0.1, 0.15) is 10.1 Å². The van der Waals surface area contributed by atoms with Crippen LogP contribution in [0.1, 0.15) is 70.8 Å². The average molecular weight is 348 g/mol. The molecule has 1 aromatic rings. The Morgan fingerprint density at radius 2 is 1.57 bits per heavy atom. The number of hydrogen-bond donors (Lipinski definition) is 0. The van der Waals surface area contributed by atoms with Crippen LogP contribution >= 0.6 is 0 Å². The second kappa shape index (κ2) is 12.5. The van der Waals surface area contributed by atoms with Gasteiger partial charge in [-0.2, -0.15) is 0 Å². The summed E-state index contributed by atoms with van der Waals surface area (Å²) >= 11 is 0. The predicted molar refractivity (Wildman–Crippen MR) is 89.9 cm³/mol. The van der Waals surface area contributed by atoms with E-state index in [0.717, 1.165) is 6.42 Å². The van der Waals surface area contributed by atoms with E-state index >= 15 is 0 Å². The van der Waals surface area contributed by atoms with Gasteiger partial charge in [0.25, 0.3) is 0 Å². The normalized spacial score (nSPS) is 12.7. The van der Waals surface area contributed by atoms with E-state index in [4.69, 9.17) is 0 Å². The summed E-state index contributed by atoms with van der Waals surface area (Å²) in [5.41, 5.74) is 0.660. The molecular weight excluding hydrogens is 319 g/mol. The molecule has 3 nitrogen and oxygen atoms in total. The number of unbranched alkanes of at least 4 members (excludes halogenated alkanes) is 6. The minimum Gasteiger partial charge on any atom is -0.744 e. The third-order valence-corrected chi connectivity index (χ3v) is 5.05. The Balaban J connectivity index is 0.00000484. The predicted octanol–water partition coefficient (Wildman–Crippen LogP) is 1.91. The van der Waals surface area contributed by atoms with E-state index in [1.165, 1.54) is 51.0 Å². The zero-order valence-corrected chi connectivity index (χ0v) is 17.7. The molecule has 0 N–H and O–H groups in total. The van der Waals surface area contributed by atoms with Crippen molar-refractivity contribution in [2.45, 2.75) is 76.5 Å². The number of rotatable bonds is 11. The SMILES string of the molecule is CCCCCCCCCC(C)Cc1ccccc1S(=O)(=O)[O-].[Na+]. The molecule has 0 saturated carbocycles. The molecule has 5 heteroatoms. The molecule has 0 aliphatic carbocycles. The third-order valence-electron chi connectivity index (χ3n) is 4.11. The van der Waals surface area contributed by atoms with Crippen molar-refractivity contribution in [1.29, 1.82) is 0 Å². The molecule has 1 unspecified atom stereocenters. The molecule has 0 heterocycles. The van der Waals surface area contributed by atoms with Crippen molar-refractivity contribution in [2.24, 2.45) is 5.92 Å². The summed E-state index contributed by atoms with van der Waals surface area (Å²) in [6, 6.07) is 6.57. The van der Waals surface area contributed by atoms with Gasteiger partial charge in [-0.3, -0.25) is 0 Å². The van der Waals surface area contributed by atoms with Crippen LogP contribution in [0.3, 0.4) is 0 Å². The second-order valence-electron chi connectivity index (χ2n) is 6.28. The van der Waals surface area contributed by atoms with Crippen LogP contribution in [-0.4, -0.2) is 13.0 Å². The minimum absolute atomic E-state index is 0. The number of benzene rings is 1. The molecule has 0 radical (unpaired) electrons. The molecule has 126 valence electrons. The van der Waals surface area contributed by atoms with Gasteiger partial charge in [0.2, 0.25) is 0 Å². The van der Waals surface area contributed by atoms with Gasteiger partial charge >= 0.3 is 29.6 Å². The van der Waals surface area contributed by atoms with E-state index in [0.29, 0.717) is 17.9 Å². The average Bonchev–Trinajstić information content (AvgIpc) is 2.46. The molecule has 0 saturated heterocycles. The van der Waals surface area contributed by atoms with Crippen LogP contribution in [0.4, 0.5) is 0 Å². The summed E-state index contributed by atoms with van der Waals surface area (Å²) in [6.07, 6.45) is 10.7. The number of hydrogen-bond acceptors (Lipinski definition) is 3. The van der Waals surface area contributed by atoms with Crippen LogP contribution in [-0.2, 0) is 16.5 Å². The summed E-state index contributed by atoms with van der Waals surface area (Å²) < 4.78 is 33.8. The van der Waals surface area contributed by atoms with Crippen LogP contribution in [0.2, 0.25) is 0 Å². The molecule has 0 bridgehead atoms. The fraction of sp³-hybridized carbons (Fsp3) is 0.667. The van der Waals surface area contributed by atoms with Gasteiger partial charge in [-0.25, -0.2) is 8.42 Å². The Hall–Kier alpha value is 0.130. The standard InChI is InChI=1S/C18H30O3S.Na/c1-3-4-5-6-7-8-9-12-16(2)15-17-13-10-11-14-18(17)22(19,20)21;/h10-11,13-14,16H,3-9,12,15H2,1-2H3,(H,19,20,21);/q;+1/p-1. The molecule has 1 atom stereocenters. The largest absolute Gasteiger partial charge is 1.00 e. The van der Waals surface area contributed by atoms with Gasteiger partial charge in [-0.05, 0) is 24.0 Å². The van der Waals surface area contributed by atoms with Gasteiger partial charge < -0.3 is 4.55 Å². The Kier molecular flexibility index (Phi) is 12.6. The molecule has 0 aromatic heterocycles. The minimum atomic E-state index is -4.37. The monoisotopic (exact) mass is 348 g/mol. The summed E-state index contributed by atoms with van der Waals surface area (Å²) in [5, 5.41) is 0. The summed E-state index contributed by atoms with van der Waals surface area (Å²) in [4.78, 5) is -0.0542. The van der Waals surface area contributed by atoms with E-state index in [9.17, 15) is 13.0 Å². The third kappa shape index (κ3) is 9.88. The van der Waals surface area contributed by atoms with Crippen LogP contribution in [0, 0.1) is 5.92 Å². The van der Waals surface area contributed by atoms with Crippen LogP contribution in [0.15, 0.2) is 29.2 Å². The van der Waals surface area contributed by atoms with Crippen LogP contribution < -0.4 is 29.6 Å². The molecule has 0 spiro atoms. The Morgan fingerprint density at radius 1 is 1.00 bits per heavy atom. The van der Waals surface area contributed by atoms with Crippen LogP contribution in [0.5, 0.6) is 0 Å². The molecule has 1 aromatic carbocycles. The zero-order chi connectivity index (χ0) is 16.4. The maximum Gasteiger partial charge on any atom is 1.00 e. The first-order valence-corrected chi connectivity index (χ1v) is 9.89. The Labute approximate surface area is 164 Å². The first-order chi connectivity index (χ1) is 10.4. The van der Waals surface area contributed by atoms with Gasteiger partial charge in [0.15, 0.2) is 0 Å². The first kappa shape index (κ1) is 23.1. The van der Waals surface area contributed by atoms with E-state index in [1.54, 1.807) is 18.2 Å². The topological polar surface area (TPSA) is 57.2 Å². The van der Waals surface area contributed by atoms with E-state index in [2.05, 4.69) is 13.8 Å². The van der Waals surface area contributed by atoms with E-state index < -0.39 is 10.1 Å². The van der Waals surface area contributed by atoms with Crippen LogP contribution in [0.25, 0.3) is 0 Å². The zero-order valence-electron chi connectivity index (χ0n) is 14.9.